The maximum absolute atomic E-state index is 9.75. The SMILES string of the molecule is ClCC[N+](=CC=C1C=C(c2cccc(Br)c2)C=C(c2cccc(Br)c2)O1)CCCl.F[B-](F)(F)F. The van der Waals surface area contributed by atoms with Gasteiger partial charge in [0.25, 0.3) is 0 Å². The third kappa shape index (κ3) is 10.8. The van der Waals surface area contributed by atoms with Gasteiger partial charge < -0.3 is 22.0 Å². The summed E-state index contributed by atoms with van der Waals surface area (Å²) in [5.41, 5.74) is 3.19. The van der Waals surface area contributed by atoms with Crippen molar-refractivity contribution >= 4 is 79.9 Å². The van der Waals surface area contributed by atoms with Crippen LogP contribution in [0.15, 0.2) is 81.5 Å². The van der Waals surface area contributed by atoms with Crippen LogP contribution in [0.1, 0.15) is 11.1 Å². The van der Waals surface area contributed by atoms with E-state index in [2.05, 4.69) is 54.6 Å². The average Bonchev–Trinajstić information content (AvgIpc) is 2.76. The molecule has 2 aromatic carbocycles. The van der Waals surface area contributed by atoms with Crippen molar-refractivity contribution in [3.05, 3.63) is 92.6 Å². The van der Waals surface area contributed by atoms with Gasteiger partial charge in [0.2, 0.25) is 0 Å². The molecule has 1 heterocycles. The fraction of sp³-hybridized carbons (Fsp3) is 0.174. The van der Waals surface area contributed by atoms with Crippen molar-refractivity contribution < 1.29 is 26.6 Å². The summed E-state index contributed by atoms with van der Waals surface area (Å²) in [7, 11) is -6.00. The molecule has 0 atom stereocenters. The Morgan fingerprint density at radius 2 is 1.38 bits per heavy atom. The fourth-order valence-corrected chi connectivity index (χ4v) is 4.11. The van der Waals surface area contributed by atoms with Gasteiger partial charge in [-0.2, -0.15) is 0 Å². The lowest BCUT2D eigenvalue weighted by Crippen LogP contribution is -2.18. The van der Waals surface area contributed by atoms with E-state index in [9.17, 15) is 17.3 Å². The first-order valence-electron chi connectivity index (χ1n) is 10.0. The van der Waals surface area contributed by atoms with E-state index >= 15 is 0 Å². The van der Waals surface area contributed by atoms with Gasteiger partial charge in [-0.25, -0.2) is 4.58 Å². The molecule has 0 fully saturated rings. The van der Waals surface area contributed by atoms with Gasteiger partial charge in [0, 0.05) is 20.6 Å². The Morgan fingerprint density at radius 1 is 0.853 bits per heavy atom. The van der Waals surface area contributed by atoms with E-state index in [1.165, 1.54) is 0 Å². The normalized spacial score (nSPS) is 14.4. The second-order valence-corrected chi connectivity index (χ2v) is 9.45. The van der Waals surface area contributed by atoms with Crippen LogP contribution < -0.4 is 0 Å². The van der Waals surface area contributed by atoms with Crippen LogP contribution in [0, 0.1) is 0 Å². The van der Waals surface area contributed by atoms with Gasteiger partial charge in [-0.05, 0) is 47.6 Å². The van der Waals surface area contributed by atoms with Crippen molar-refractivity contribution in [3.63, 3.8) is 0 Å². The Hall–Kier alpha value is -1.55. The molecular weight excluding hydrogens is 624 g/mol. The van der Waals surface area contributed by atoms with E-state index in [1.807, 2.05) is 54.8 Å². The number of halogens is 8. The third-order valence-corrected chi connectivity index (χ3v) is 5.60. The Labute approximate surface area is 223 Å². The van der Waals surface area contributed by atoms with Crippen molar-refractivity contribution in [2.75, 3.05) is 24.8 Å². The van der Waals surface area contributed by atoms with Crippen molar-refractivity contribution in [3.8, 4) is 0 Å². The molecule has 0 bridgehead atoms. The molecule has 0 N–H and O–H groups in total. The van der Waals surface area contributed by atoms with Crippen molar-refractivity contribution in [2.45, 2.75) is 0 Å². The van der Waals surface area contributed by atoms with Gasteiger partial charge in [0.05, 0.1) is 11.8 Å². The maximum Gasteiger partial charge on any atom is 0.673 e. The minimum absolute atomic E-state index is 0.541. The molecule has 34 heavy (non-hydrogen) atoms. The monoisotopic (exact) mass is 641 g/mol. The maximum atomic E-state index is 9.75. The molecular formula is C23H20BBr2Cl2F4NO. The Kier molecular flexibility index (Phi) is 11.9. The standard InChI is InChI=1S/C23H20Br2Cl2NO.BF4/c24-20-5-1-3-17(13-20)19-15-22(7-10-28(11-8-26)12-9-27)29-23(16-19)18-4-2-6-21(25)14-18;2-1(3,4)5/h1-7,10,13-16H,8-9,11-12H2;/q+1;-1. The van der Waals surface area contributed by atoms with Crippen molar-refractivity contribution in [2.24, 2.45) is 0 Å². The van der Waals surface area contributed by atoms with Crippen LogP contribution in [0.2, 0.25) is 0 Å². The van der Waals surface area contributed by atoms with E-state index in [0.29, 0.717) is 11.8 Å². The first-order chi connectivity index (χ1) is 16.1. The molecule has 0 aliphatic carbocycles. The summed E-state index contributed by atoms with van der Waals surface area (Å²) >= 11 is 18.9. The Balaban J connectivity index is 0.000000739. The molecule has 2 aromatic rings. The van der Waals surface area contributed by atoms with Crippen LogP contribution in [-0.2, 0) is 4.74 Å². The number of hydrogen-bond donors (Lipinski definition) is 0. The number of nitrogens with zero attached hydrogens (tertiary/aromatic N) is 1. The zero-order chi connectivity index (χ0) is 25.1. The molecule has 0 radical (unpaired) electrons. The van der Waals surface area contributed by atoms with Crippen molar-refractivity contribution in [1.82, 2.24) is 0 Å². The summed E-state index contributed by atoms with van der Waals surface area (Å²) in [5.74, 6) is 2.63. The van der Waals surface area contributed by atoms with Crippen LogP contribution in [0.3, 0.4) is 0 Å². The van der Waals surface area contributed by atoms with Crippen LogP contribution in [0.4, 0.5) is 17.3 Å². The molecule has 182 valence electrons. The summed E-state index contributed by atoms with van der Waals surface area (Å²) in [6.45, 7) is 1.46. The zero-order valence-corrected chi connectivity index (χ0v) is 22.4. The highest BCUT2D eigenvalue weighted by molar-refractivity contribution is 9.10. The second-order valence-electron chi connectivity index (χ2n) is 6.86. The van der Waals surface area contributed by atoms with Crippen LogP contribution in [-0.4, -0.2) is 42.9 Å². The van der Waals surface area contributed by atoms with Crippen LogP contribution in [0.5, 0.6) is 0 Å². The summed E-state index contributed by atoms with van der Waals surface area (Å²) in [5, 5.41) is 0. The van der Waals surface area contributed by atoms with E-state index in [1.54, 1.807) is 0 Å². The van der Waals surface area contributed by atoms with Gasteiger partial charge in [0.15, 0.2) is 19.3 Å². The fourth-order valence-electron chi connectivity index (χ4n) is 2.88. The van der Waals surface area contributed by atoms with Crippen LogP contribution in [0.25, 0.3) is 11.3 Å². The van der Waals surface area contributed by atoms with Crippen LogP contribution >= 0.6 is 55.1 Å². The smallest absolute Gasteiger partial charge is 0.456 e. The Bertz CT molecular complexity index is 1090. The first kappa shape index (κ1) is 28.7. The summed E-state index contributed by atoms with van der Waals surface area (Å²) in [6, 6.07) is 16.3. The number of alkyl halides is 2. The molecule has 11 heteroatoms. The van der Waals surface area contributed by atoms with Gasteiger partial charge >= 0.3 is 7.25 Å². The summed E-state index contributed by atoms with van der Waals surface area (Å²) in [6.07, 6.45) is 8.05. The molecule has 0 unspecified atom stereocenters. The predicted octanol–water partition coefficient (Wildman–Crippen LogP) is 8.41. The molecule has 1 aliphatic rings. The summed E-state index contributed by atoms with van der Waals surface area (Å²) < 4.78 is 49.3. The number of ether oxygens (including phenoxy) is 1. The molecule has 0 aromatic heterocycles. The Morgan fingerprint density at radius 3 is 1.91 bits per heavy atom. The minimum Gasteiger partial charge on any atom is -0.456 e. The lowest BCUT2D eigenvalue weighted by Gasteiger charge is -2.18. The largest absolute Gasteiger partial charge is 0.673 e. The van der Waals surface area contributed by atoms with E-state index < -0.39 is 7.25 Å². The molecule has 0 amide bonds. The summed E-state index contributed by atoms with van der Waals surface area (Å²) in [4.78, 5) is 0. The first-order valence-corrected chi connectivity index (χ1v) is 12.7. The second kappa shape index (κ2) is 14.1. The quantitative estimate of drug-likeness (QED) is 0.0971. The lowest BCUT2D eigenvalue weighted by molar-refractivity contribution is -0.513. The number of allylic oxidation sites excluding steroid dienone is 4. The van der Waals surface area contributed by atoms with E-state index in [-0.39, 0.29) is 0 Å². The lowest BCUT2D eigenvalue weighted by atomic mass is 10.0. The molecule has 2 nitrogen and oxygen atoms in total. The predicted molar refractivity (Wildman–Crippen MR) is 141 cm³/mol. The highest BCUT2D eigenvalue weighted by Crippen LogP contribution is 2.33. The number of benzene rings is 2. The van der Waals surface area contributed by atoms with Crippen molar-refractivity contribution in [1.29, 1.82) is 0 Å². The molecule has 1 aliphatic heterocycles. The third-order valence-electron chi connectivity index (χ3n) is 4.27. The highest BCUT2D eigenvalue weighted by atomic mass is 79.9. The molecule has 3 rings (SSSR count). The van der Waals surface area contributed by atoms with Gasteiger partial charge in [-0.1, -0.05) is 56.1 Å². The highest BCUT2D eigenvalue weighted by Gasteiger charge is 2.20. The minimum atomic E-state index is -6.00. The average molecular weight is 644 g/mol. The zero-order valence-electron chi connectivity index (χ0n) is 17.7. The van der Waals surface area contributed by atoms with E-state index in [4.69, 9.17) is 27.9 Å². The molecule has 0 spiro atoms. The van der Waals surface area contributed by atoms with Gasteiger partial charge in [-0.3, -0.25) is 0 Å². The molecule has 0 saturated heterocycles. The topological polar surface area (TPSA) is 12.2 Å². The van der Waals surface area contributed by atoms with Gasteiger partial charge in [0.1, 0.15) is 11.5 Å². The van der Waals surface area contributed by atoms with Gasteiger partial charge in [-0.15, -0.1) is 23.2 Å². The molecule has 0 saturated carbocycles. The number of rotatable bonds is 7. The number of hydrogen-bond acceptors (Lipinski definition) is 1. The van der Waals surface area contributed by atoms with E-state index in [0.717, 1.165) is 50.3 Å².